The largest absolute Gasteiger partial charge is 0.445 e. The molecule has 1 aliphatic rings. The Balaban J connectivity index is 2.14. The summed E-state index contributed by atoms with van der Waals surface area (Å²) in [5.74, 6) is -2.97. The van der Waals surface area contributed by atoms with Crippen molar-refractivity contribution in [3.8, 4) is 0 Å². The van der Waals surface area contributed by atoms with Crippen molar-refractivity contribution in [2.45, 2.75) is 61.9 Å². The number of nitrogens with two attached hydrogens (primary N) is 2. The Morgan fingerprint density at radius 2 is 1.72 bits per heavy atom. The van der Waals surface area contributed by atoms with Gasteiger partial charge in [-0.25, -0.2) is 4.79 Å². The minimum atomic E-state index is -1.04. The van der Waals surface area contributed by atoms with E-state index in [0.29, 0.717) is 30.0 Å². The first-order valence-electron chi connectivity index (χ1n) is 15.3. The van der Waals surface area contributed by atoms with Crippen LogP contribution in [0.2, 0.25) is 0 Å². The molecule has 2 atom stereocenters. The third-order valence-electron chi connectivity index (χ3n) is 6.70. The van der Waals surface area contributed by atoms with E-state index in [-0.39, 0.29) is 75.6 Å². The first-order valence-corrected chi connectivity index (χ1v) is 16.2. The number of amides is 7. The van der Waals surface area contributed by atoms with Crippen LogP contribution < -0.4 is 43.4 Å². The van der Waals surface area contributed by atoms with E-state index >= 15 is 0 Å². The number of ether oxygens (including phenoxy) is 1. The number of benzene rings is 1. The van der Waals surface area contributed by atoms with Crippen LogP contribution in [0.25, 0.3) is 0 Å². The van der Waals surface area contributed by atoms with Gasteiger partial charge in [-0.05, 0) is 50.3 Å². The lowest BCUT2D eigenvalue weighted by Gasteiger charge is -2.19. The van der Waals surface area contributed by atoms with Crippen molar-refractivity contribution in [3.05, 3.63) is 36.4 Å². The summed E-state index contributed by atoms with van der Waals surface area (Å²) in [5.41, 5.74) is 11.4. The lowest BCUT2D eigenvalue weighted by molar-refractivity contribution is -0.129. The Kier molecular flexibility index (Phi) is 17.4. The number of nitrogens with one attached hydrogen (secondary N) is 6. The first-order chi connectivity index (χ1) is 22.5. The van der Waals surface area contributed by atoms with Gasteiger partial charge < -0.3 is 48.1 Å². The van der Waals surface area contributed by atoms with Crippen LogP contribution in [0.5, 0.6) is 0 Å². The Bertz CT molecular complexity index is 1290. The molecular formula is C30H44N8O8S. The molecule has 0 aliphatic carbocycles. The van der Waals surface area contributed by atoms with Gasteiger partial charge in [0.1, 0.15) is 18.7 Å². The van der Waals surface area contributed by atoms with Crippen molar-refractivity contribution >= 4 is 59.0 Å². The molecule has 47 heavy (non-hydrogen) atoms. The van der Waals surface area contributed by atoms with Gasteiger partial charge in [0.15, 0.2) is 0 Å². The van der Waals surface area contributed by atoms with Gasteiger partial charge in [0, 0.05) is 48.8 Å². The summed E-state index contributed by atoms with van der Waals surface area (Å²) < 4.78 is 4.85. The van der Waals surface area contributed by atoms with Gasteiger partial charge in [0.25, 0.3) is 5.91 Å². The molecule has 0 unspecified atom stereocenters. The van der Waals surface area contributed by atoms with Crippen molar-refractivity contribution in [1.29, 1.82) is 0 Å². The van der Waals surface area contributed by atoms with Crippen LogP contribution in [0.3, 0.4) is 0 Å². The lowest BCUT2D eigenvalue weighted by Crippen LogP contribution is -2.47. The van der Waals surface area contributed by atoms with E-state index in [1.54, 1.807) is 12.1 Å². The number of primary amides is 1. The predicted molar refractivity (Wildman–Crippen MR) is 175 cm³/mol. The molecule has 1 aromatic rings. The van der Waals surface area contributed by atoms with Crippen molar-refractivity contribution in [2.75, 3.05) is 43.9 Å². The lowest BCUT2D eigenvalue weighted by atomic mass is 10.1. The minimum absolute atomic E-state index is 0.0113. The van der Waals surface area contributed by atoms with Crippen LogP contribution in [0.1, 0.15) is 55.3 Å². The minimum Gasteiger partial charge on any atom is -0.445 e. The molecule has 258 valence electrons. The number of hydrogen-bond donors (Lipinski definition) is 8. The average molecular weight is 677 g/mol. The Morgan fingerprint density at radius 3 is 2.40 bits per heavy atom. The number of unbranched alkanes of at least 4 members (excludes halogenated alkanes) is 1. The number of carbonyl (C=O) groups is 7. The summed E-state index contributed by atoms with van der Waals surface area (Å²) in [6.45, 7) is 3.87. The van der Waals surface area contributed by atoms with Gasteiger partial charge in [-0.3, -0.25) is 28.8 Å². The fourth-order valence-electron chi connectivity index (χ4n) is 4.27. The third kappa shape index (κ3) is 15.0. The molecule has 0 spiro atoms. The fraction of sp³-hybridized carbons (Fsp3) is 0.500. The molecule has 0 radical (unpaired) electrons. The molecule has 0 bridgehead atoms. The molecule has 1 aromatic carbocycles. The van der Waals surface area contributed by atoms with Crippen molar-refractivity contribution in [1.82, 2.24) is 26.6 Å². The summed E-state index contributed by atoms with van der Waals surface area (Å²) in [7, 11) is 0. The average Bonchev–Trinajstić information content (AvgIpc) is 3.04. The van der Waals surface area contributed by atoms with Crippen LogP contribution in [0, 0.1) is 0 Å². The zero-order valence-electron chi connectivity index (χ0n) is 26.2. The zero-order valence-corrected chi connectivity index (χ0v) is 27.0. The van der Waals surface area contributed by atoms with E-state index < -0.39 is 47.7 Å². The molecule has 1 aliphatic heterocycles. The quantitative estimate of drug-likeness (QED) is 0.118. The highest BCUT2D eigenvalue weighted by atomic mass is 32.2. The van der Waals surface area contributed by atoms with E-state index in [4.69, 9.17) is 16.2 Å². The van der Waals surface area contributed by atoms with Crippen LogP contribution in [0.4, 0.5) is 10.5 Å². The predicted octanol–water partition coefficient (Wildman–Crippen LogP) is -0.367. The van der Waals surface area contributed by atoms with Crippen LogP contribution in [-0.2, 0) is 28.7 Å². The van der Waals surface area contributed by atoms with E-state index in [1.807, 2.05) is 0 Å². The number of anilines is 1. The second-order valence-electron chi connectivity index (χ2n) is 10.5. The zero-order chi connectivity index (χ0) is 34.6. The topological polar surface area (TPSA) is 253 Å². The first kappa shape index (κ1) is 38.5. The molecule has 17 heteroatoms. The molecule has 10 N–H and O–H groups in total. The van der Waals surface area contributed by atoms with E-state index in [9.17, 15) is 33.6 Å². The maximum atomic E-state index is 13.2. The van der Waals surface area contributed by atoms with Gasteiger partial charge in [0.05, 0.1) is 12.1 Å². The maximum absolute atomic E-state index is 13.2. The summed E-state index contributed by atoms with van der Waals surface area (Å²) in [6, 6.07) is 2.73. The summed E-state index contributed by atoms with van der Waals surface area (Å²) in [5, 5.41) is 16.0. The Labute approximate surface area is 277 Å². The molecule has 1 heterocycles. The number of fused-ring (bicyclic) bond motifs is 1. The van der Waals surface area contributed by atoms with Gasteiger partial charge in [-0.2, -0.15) is 0 Å². The van der Waals surface area contributed by atoms with Gasteiger partial charge in [0.2, 0.25) is 29.5 Å². The SMILES string of the molecule is C=CCOC(=O)NCCCC[C@@H]1NC(=O)CCCNC(=O)c2cc(NC(=O)CN)ccc2SC[C@@H](C(N)=O)NC(=O)CCCNC1=O. The third-order valence-corrected chi connectivity index (χ3v) is 7.86. The fourth-order valence-corrected chi connectivity index (χ4v) is 5.34. The van der Waals surface area contributed by atoms with Crippen LogP contribution >= 0.6 is 11.8 Å². The van der Waals surface area contributed by atoms with E-state index in [1.165, 1.54) is 12.1 Å². The molecule has 0 saturated carbocycles. The second kappa shape index (κ2) is 21.2. The molecule has 0 fully saturated rings. The number of rotatable bonds is 10. The van der Waals surface area contributed by atoms with Gasteiger partial charge in [-0.1, -0.05) is 12.7 Å². The maximum Gasteiger partial charge on any atom is 0.407 e. The Morgan fingerprint density at radius 1 is 1.02 bits per heavy atom. The highest BCUT2D eigenvalue weighted by molar-refractivity contribution is 7.99. The highest BCUT2D eigenvalue weighted by Gasteiger charge is 2.23. The van der Waals surface area contributed by atoms with Gasteiger partial charge in [-0.15, -0.1) is 11.8 Å². The monoisotopic (exact) mass is 676 g/mol. The Hall–Kier alpha value is -4.64. The molecule has 0 saturated heterocycles. The van der Waals surface area contributed by atoms with Crippen LogP contribution in [0.15, 0.2) is 35.7 Å². The van der Waals surface area contributed by atoms with E-state index in [0.717, 1.165) is 11.8 Å². The highest BCUT2D eigenvalue weighted by Crippen LogP contribution is 2.27. The molecular weight excluding hydrogens is 632 g/mol. The molecule has 16 nitrogen and oxygen atoms in total. The van der Waals surface area contributed by atoms with Crippen molar-refractivity contribution < 1.29 is 38.3 Å². The number of carbonyl (C=O) groups excluding carboxylic acids is 7. The standard InChI is InChI=1S/C30H44N8O8S/c1-2-15-46-30(45)35-12-4-3-7-21-29(44)34-14-6-9-25(40)38-22(27(32)42)18-47-23-11-10-19(36-26(41)17-31)16-20(23)28(43)33-13-5-8-24(39)37-21/h2,10-11,16,21-22H,1,3-9,12-15,17-18,31H2,(H2,32,42)(H,33,43)(H,34,44)(H,35,45)(H,36,41)(H,37,39)(H,38,40)/t21-,22-/m0/s1. The smallest absolute Gasteiger partial charge is 0.407 e. The molecule has 2 rings (SSSR count). The van der Waals surface area contributed by atoms with E-state index in [2.05, 4.69) is 38.5 Å². The number of alkyl carbamates (subject to hydrolysis) is 1. The second-order valence-corrected chi connectivity index (χ2v) is 11.5. The van der Waals surface area contributed by atoms with Crippen molar-refractivity contribution in [3.63, 3.8) is 0 Å². The molecule has 0 aromatic heterocycles. The number of thioether (sulfide) groups is 1. The van der Waals surface area contributed by atoms with Crippen LogP contribution in [-0.4, -0.2) is 92.2 Å². The number of hydrogen-bond acceptors (Lipinski definition) is 10. The molecule has 7 amide bonds. The summed E-state index contributed by atoms with van der Waals surface area (Å²) >= 11 is 1.12. The summed E-state index contributed by atoms with van der Waals surface area (Å²) in [4.78, 5) is 87.4. The summed E-state index contributed by atoms with van der Waals surface area (Å²) in [6.07, 6.45) is 2.71. The van der Waals surface area contributed by atoms with Crippen molar-refractivity contribution in [2.24, 2.45) is 11.5 Å². The normalized spacial score (nSPS) is 18.6. The van der Waals surface area contributed by atoms with Gasteiger partial charge >= 0.3 is 6.09 Å².